The number of hydrogen-bond donors (Lipinski definition) is 0. The molecule has 0 bridgehead atoms. The second-order valence-corrected chi connectivity index (χ2v) is 3.14. The van der Waals surface area contributed by atoms with E-state index < -0.39 is 0 Å². The van der Waals surface area contributed by atoms with Gasteiger partial charge in [-0.15, -0.1) is 0 Å². The molecular formula is C11H13NO. The highest BCUT2D eigenvalue weighted by Crippen LogP contribution is 2.15. The first-order valence-corrected chi connectivity index (χ1v) is 4.18. The molecule has 0 aliphatic heterocycles. The van der Waals surface area contributed by atoms with Gasteiger partial charge in [-0.3, -0.25) is 0 Å². The second kappa shape index (κ2) is 4.06. The van der Waals surface area contributed by atoms with Gasteiger partial charge < -0.3 is 4.74 Å². The first-order chi connectivity index (χ1) is 6.19. The summed E-state index contributed by atoms with van der Waals surface area (Å²) in [7, 11) is 1.66. The topological polar surface area (TPSA) is 33.0 Å². The van der Waals surface area contributed by atoms with E-state index in [-0.39, 0.29) is 0 Å². The molecule has 13 heavy (non-hydrogen) atoms. The van der Waals surface area contributed by atoms with Crippen molar-refractivity contribution in [3.8, 4) is 6.07 Å². The summed E-state index contributed by atoms with van der Waals surface area (Å²) in [5, 5.41) is 8.81. The van der Waals surface area contributed by atoms with Gasteiger partial charge in [0.2, 0.25) is 0 Å². The lowest BCUT2D eigenvalue weighted by atomic mass is 10.0. The Balaban J connectivity index is 3.16. The van der Waals surface area contributed by atoms with E-state index in [0.717, 1.165) is 16.7 Å². The van der Waals surface area contributed by atoms with Crippen molar-refractivity contribution >= 4 is 0 Å². The first kappa shape index (κ1) is 9.76. The Hall–Kier alpha value is -1.33. The molecule has 1 aromatic carbocycles. The minimum atomic E-state index is 0.570. The maximum Gasteiger partial charge on any atom is 0.0994 e. The van der Waals surface area contributed by atoms with Crippen LogP contribution in [0.25, 0.3) is 0 Å². The normalized spacial score (nSPS) is 9.69. The monoisotopic (exact) mass is 175 g/mol. The summed E-state index contributed by atoms with van der Waals surface area (Å²) in [5.41, 5.74) is 4.03. The van der Waals surface area contributed by atoms with E-state index in [2.05, 4.69) is 6.07 Å². The Kier molecular flexibility index (Phi) is 3.05. The lowest BCUT2D eigenvalue weighted by Gasteiger charge is -2.06. The molecule has 0 amide bonds. The zero-order chi connectivity index (χ0) is 9.84. The molecule has 0 aliphatic rings. The maximum atomic E-state index is 8.81. The summed E-state index contributed by atoms with van der Waals surface area (Å²) in [6.45, 7) is 4.55. The minimum absolute atomic E-state index is 0.570. The number of benzene rings is 1. The Labute approximate surface area is 78.8 Å². The summed E-state index contributed by atoms with van der Waals surface area (Å²) in [5.74, 6) is 0. The van der Waals surface area contributed by atoms with Crippen molar-refractivity contribution in [1.29, 1.82) is 5.26 Å². The highest BCUT2D eigenvalue weighted by Gasteiger charge is 2.03. The first-order valence-electron chi connectivity index (χ1n) is 4.18. The lowest BCUT2D eigenvalue weighted by Crippen LogP contribution is -1.95. The van der Waals surface area contributed by atoms with Crippen LogP contribution in [0.1, 0.15) is 22.3 Å². The minimum Gasteiger partial charge on any atom is -0.380 e. The third-order valence-electron chi connectivity index (χ3n) is 2.10. The number of methoxy groups -OCH3 is 1. The number of nitriles is 1. The Bertz CT molecular complexity index is 350. The Morgan fingerprint density at radius 2 is 2.00 bits per heavy atom. The lowest BCUT2D eigenvalue weighted by molar-refractivity contribution is 0.184. The highest BCUT2D eigenvalue weighted by molar-refractivity contribution is 5.43. The van der Waals surface area contributed by atoms with E-state index in [9.17, 15) is 0 Å². The third-order valence-corrected chi connectivity index (χ3v) is 2.10. The van der Waals surface area contributed by atoms with Crippen LogP contribution in [-0.2, 0) is 11.3 Å². The van der Waals surface area contributed by atoms with Gasteiger partial charge in [0.05, 0.1) is 18.2 Å². The molecule has 2 nitrogen and oxygen atoms in total. The van der Waals surface area contributed by atoms with Crippen LogP contribution in [-0.4, -0.2) is 7.11 Å². The molecule has 0 radical (unpaired) electrons. The van der Waals surface area contributed by atoms with Gasteiger partial charge in [0.1, 0.15) is 0 Å². The van der Waals surface area contributed by atoms with Gasteiger partial charge in [0, 0.05) is 7.11 Å². The molecule has 1 rings (SSSR count). The van der Waals surface area contributed by atoms with Crippen LogP contribution in [0.15, 0.2) is 12.1 Å². The molecule has 0 saturated carbocycles. The van der Waals surface area contributed by atoms with Crippen LogP contribution >= 0.6 is 0 Å². The second-order valence-electron chi connectivity index (χ2n) is 3.14. The number of ether oxygens (including phenoxy) is 1. The van der Waals surface area contributed by atoms with Crippen molar-refractivity contribution in [2.75, 3.05) is 7.11 Å². The fourth-order valence-electron chi connectivity index (χ4n) is 1.33. The van der Waals surface area contributed by atoms with Gasteiger partial charge in [-0.05, 0) is 36.6 Å². The molecule has 0 aromatic heterocycles. The quantitative estimate of drug-likeness (QED) is 0.691. The van der Waals surface area contributed by atoms with Crippen LogP contribution in [0.3, 0.4) is 0 Å². The van der Waals surface area contributed by atoms with E-state index in [1.807, 2.05) is 26.0 Å². The molecule has 0 atom stereocenters. The summed E-state index contributed by atoms with van der Waals surface area (Å²) < 4.78 is 5.04. The highest BCUT2D eigenvalue weighted by atomic mass is 16.5. The maximum absolute atomic E-state index is 8.81. The standard InChI is InChI=1S/C11H13NO/c1-8-4-9(2)11(7-13-3)5-10(8)6-12/h4-5H,7H2,1-3H3. The van der Waals surface area contributed by atoms with E-state index in [1.165, 1.54) is 5.56 Å². The fourth-order valence-corrected chi connectivity index (χ4v) is 1.33. The van der Waals surface area contributed by atoms with E-state index >= 15 is 0 Å². The smallest absolute Gasteiger partial charge is 0.0994 e. The summed E-state index contributed by atoms with van der Waals surface area (Å²) in [6.07, 6.45) is 0. The molecule has 0 spiro atoms. The van der Waals surface area contributed by atoms with E-state index in [1.54, 1.807) is 7.11 Å². The van der Waals surface area contributed by atoms with Gasteiger partial charge in [0.15, 0.2) is 0 Å². The number of rotatable bonds is 2. The zero-order valence-electron chi connectivity index (χ0n) is 8.22. The average Bonchev–Trinajstić information content (AvgIpc) is 2.10. The molecule has 2 heteroatoms. The van der Waals surface area contributed by atoms with Gasteiger partial charge >= 0.3 is 0 Å². The van der Waals surface area contributed by atoms with Gasteiger partial charge in [0.25, 0.3) is 0 Å². The van der Waals surface area contributed by atoms with Gasteiger partial charge in [-0.1, -0.05) is 6.07 Å². The Morgan fingerprint density at radius 1 is 1.31 bits per heavy atom. The summed E-state index contributed by atoms with van der Waals surface area (Å²) in [6, 6.07) is 6.08. The largest absolute Gasteiger partial charge is 0.380 e. The number of aryl methyl sites for hydroxylation is 2. The predicted molar refractivity (Wildman–Crippen MR) is 51.3 cm³/mol. The Morgan fingerprint density at radius 3 is 2.54 bits per heavy atom. The fraction of sp³-hybridized carbons (Fsp3) is 0.364. The molecule has 0 unspecified atom stereocenters. The zero-order valence-corrected chi connectivity index (χ0v) is 8.22. The van der Waals surface area contributed by atoms with Crippen LogP contribution < -0.4 is 0 Å². The van der Waals surface area contributed by atoms with Crippen LogP contribution in [0, 0.1) is 25.2 Å². The van der Waals surface area contributed by atoms with Crippen molar-refractivity contribution in [2.24, 2.45) is 0 Å². The number of hydrogen-bond acceptors (Lipinski definition) is 2. The van der Waals surface area contributed by atoms with Crippen molar-refractivity contribution in [1.82, 2.24) is 0 Å². The molecule has 0 fully saturated rings. The van der Waals surface area contributed by atoms with Crippen molar-refractivity contribution in [3.63, 3.8) is 0 Å². The summed E-state index contributed by atoms with van der Waals surface area (Å²) in [4.78, 5) is 0. The molecule has 68 valence electrons. The van der Waals surface area contributed by atoms with Crippen LogP contribution in [0.5, 0.6) is 0 Å². The van der Waals surface area contributed by atoms with E-state index in [0.29, 0.717) is 6.61 Å². The van der Waals surface area contributed by atoms with E-state index in [4.69, 9.17) is 10.00 Å². The molecule has 0 heterocycles. The predicted octanol–water partition coefficient (Wildman–Crippen LogP) is 2.32. The van der Waals surface area contributed by atoms with Crippen LogP contribution in [0.4, 0.5) is 0 Å². The van der Waals surface area contributed by atoms with Crippen molar-refractivity contribution in [3.05, 3.63) is 34.4 Å². The summed E-state index contributed by atoms with van der Waals surface area (Å²) >= 11 is 0. The molecule has 0 N–H and O–H groups in total. The van der Waals surface area contributed by atoms with Crippen molar-refractivity contribution in [2.45, 2.75) is 20.5 Å². The molecular weight excluding hydrogens is 162 g/mol. The molecule has 0 saturated heterocycles. The average molecular weight is 175 g/mol. The number of nitrogens with zero attached hydrogens (tertiary/aromatic N) is 1. The van der Waals surface area contributed by atoms with Gasteiger partial charge in [-0.2, -0.15) is 5.26 Å². The van der Waals surface area contributed by atoms with Crippen molar-refractivity contribution < 1.29 is 4.74 Å². The van der Waals surface area contributed by atoms with Gasteiger partial charge in [-0.25, -0.2) is 0 Å². The molecule has 0 aliphatic carbocycles. The third kappa shape index (κ3) is 2.07. The molecule has 1 aromatic rings. The SMILES string of the molecule is COCc1cc(C#N)c(C)cc1C. The van der Waals surface area contributed by atoms with Crippen LogP contribution in [0.2, 0.25) is 0 Å².